The summed E-state index contributed by atoms with van der Waals surface area (Å²) in [7, 11) is 0. The number of aromatic nitrogens is 2. The Hall–Kier alpha value is -3.67. The number of halogens is 1. The van der Waals surface area contributed by atoms with Crippen LogP contribution in [0.4, 0.5) is 4.39 Å². The van der Waals surface area contributed by atoms with Gasteiger partial charge in [0.1, 0.15) is 11.5 Å². The zero-order valence-corrected chi connectivity index (χ0v) is 19.2. The Morgan fingerprint density at radius 3 is 2.50 bits per heavy atom. The Morgan fingerprint density at radius 1 is 1.03 bits per heavy atom. The van der Waals surface area contributed by atoms with Gasteiger partial charge in [-0.15, -0.1) is 0 Å². The fraction of sp³-hybridized carbons (Fsp3) is 0.286. The predicted octanol–water partition coefficient (Wildman–Crippen LogP) is 6.95. The maximum Gasteiger partial charge on any atom is 0.287 e. The van der Waals surface area contributed by atoms with E-state index in [1.165, 1.54) is 31.4 Å². The molecule has 0 saturated heterocycles. The highest BCUT2D eigenvalue weighted by Gasteiger charge is 2.25. The summed E-state index contributed by atoms with van der Waals surface area (Å²) in [5.74, 6) is 0.273. The van der Waals surface area contributed by atoms with Crippen LogP contribution in [0.5, 0.6) is 0 Å². The molecular weight excluding hydrogens is 429 g/mol. The maximum absolute atomic E-state index is 13.6. The first kappa shape index (κ1) is 22.1. The molecule has 174 valence electrons. The van der Waals surface area contributed by atoms with E-state index in [0.717, 1.165) is 35.4 Å². The normalized spacial score (nSPS) is 15.2. The van der Waals surface area contributed by atoms with Crippen molar-refractivity contribution in [3.05, 3.63) is 90.2 Å². The number of furan rings is 1. The summed E-state index contributed by atoms with van der Waals surface area (Å²) >= 11 is 0. The fourth-order valence-corrected chi connectivity index (χ4v) is 4.74. The Balaban J connectivity index is 1.47. The van der Waals surface area contributed by atoms with Crippen molar-refractivity contribution in [2.45, 2.75) is 51.1 Å². The van der Waals surface area contributed by atoms with Gasteiger partial charge in [-0.25, -0.2) is 9.37 Å². The Labute approximate surface area is 198 Å². The van der Waals surface area contributed by atoms with Crippen molar-refractivity contribution >= 4 is 5.91 Å². The van der Waals surface area contributed by atoms with Crippen molar-refractivity contribution in [1.82, 2.24) is 14.9 Å². The molecule has 0 radical (unpaired) electrons. The second-order valence-electron chi connectivity index (χ2n) is 8.92. The molecule has 1 atom stereocenters. The van der Waals surface area contributed by atoms with Crippen LogP contribution in [-0.2, 0) is 0 Å². The van der Waals surface area contributed by atoms with Crippen molar-refractivity contribution in [2.75, 3.05) is 0 Å². The SMILES string of the molecule is CC(NC(=O)c1ccc(-c2c(-c3ccc(F)cc3)ncn2C2CCCCC2)o1)c1ccccc1. The number of rotatable bonds is 6. The highest BCUT2D eigenvalue weighted by molar-refractivity contribution is 5.92. The van der Waals surface area contributed by atoms with Crippen LogP contribution in [0.15, 0.2) is 77.5 Å². The maximum atomic E-state index is 13.6. The number of hydrogen-bond donors (Lipinski definition) is 1. The van der Waals surface area contributed by atoms with Crippen LogP contribution in [0.25, 0.3) is 22.7 Å². The molecule has 1 aliphatic carbocycles. The quantitative estimate of drug-likeness (QED) is 0.341. The lowest BCUT2D eigenvalue weighted by atomic mass is 9.95. The molecule has 4 aromatic rings. The Bertz CT molecular complexity index is 1250. The first-order chi connectivity index (χ1) is 16.6. The third-order valence-electron chi connectivity index (χ3n) is 6.59. The zero-order chi connectivity index (χ0) is 23.5. The van der Waals surface area contributed by atoms with Crippen LogP contribution in [-0.4, -0.2) is 15.5 Å². The second kappa shape index (κ2) is 9.67. The average molecular weight is 458 g/mol. The van der Waals surface area contributed by atoms with Crippen molar-refractivity contribution in [2.24, 2.45) is 0 Å². The van der Waals surface area contributed by atoms with E-state index in [1.807, 2.05) is 49.6 Å². The first-order valence-corrected chi connectivity index (χ1v) is 11.9. The molecule has 0 bridgehead atoms. The molecule has 1 amide bonds. The van der Waals surface area contributed by atoms with Crippen molar-refractivity contribution in [3.8, 4) is 22.7 Å². The van der Waals surface area contributed by atoms with Crippen molar-refractivity contribution in [1.29, 1.82) is 0 Å². The van der Waals surface area contributed by atoms with E-state index in [2.05, 4.69) is 14.9 Å². The summed E-state index contributed by atoms with van der Waals surface area (Å²) in [5.41, 5.74) is 3.39. The monoisotopic (exact) mass is 457 g/mol. The predicted molar refractivity (Wildman–Crippen MR) is 130 cm³/mol. The molecule has 0 spiro atoms. The van der Waals surface area contributed by atoms with Gasteiger partial charge >= 0.3 is 0 Å². The van der Waals surface area contributed by atoms with Gasteiger partial charge in [0.2, 0.25) is 0 Å². The number of imidazole rings is 1. The molecule has 1 fully saturated rings. The summed E-state index contributed by atoms with van der Waals surface area (Å²) in [6.45, 7) is 1.95. The van der Waals surface area contributed by atoms with E-state index in [4.69, 9.17) is 4.42 Å². The molecule has 1 unspecified atom stereocenters. The third kappa shape index (κ3) is 4.53. The molecule has 6 heteroatoms. The fourth-order valence-electron chi connectivity index (χ4n) is 4.74. The smallest absolute Gasteiger partial charge is 0.287 e. The Kier molecular flexibility index (Phi) is 6.30. The van der Waals surface area contributed by atoms with E-state index in [1.54, 1.807) is 18.2 Å². The topological polar surface area (TPSA) is 60.1 Å². The molecule has 1 N–H and O–H groups in total. The number of benzene rings is 2. The molecule has 1 aliphatic rings. The van der Waals surface area contributed by atoms with Gasteiger partial charge in [0.05, 0.1) is 18.1 Å². The minimum atomic E-state index is -0.290. The lowest BCUT2D eigenvalue weighted by Crippen LogP contribution is -2.26. The molecule has 1 saturated carbocycles. The Morgan fingerprint density at radius 2 is 1.76 bits per heavy atom. The largest absolute Gasteiger partial charge is 0.449 e. The van der Waals surface area contributed by atoms with Gasteiger partial charge in [0.15, 0.2) is 11.5 Å². The van der Waals surface area contributed by atoms with Gasteiger partial charge in [-0.3, -0.25) is 4.79 Å². The van der Waals surface area contributed by atoms with E-state index in [-0.39, 0.29) is 23.5 Å². The molecule has 2 aromatic carbocycles. The van der Waals surface area contributed by atoms with Crippen LogP contribution < -0.4 is 5.32 Å². The van der Waals surface area contributed by atoms with Gasteiger partial charge in [-0.1, -0.05) is 49.6 Å². The van der Waals surface area contributed by atoms with Gasteiger partial charge in [-0.05, 0) is 61.7 Å². The summed E-state index contributed by atoms with van der Waals surface area (Å²) in [6, 6.07) is 19.8. The van der Waals surface area contributed by atoms with Crippen molar-refractivity contribution in [3.63, 3.8) is 0 Å². The molecule has 2 aromatic heterocycles. The standard InChI is InChI=1S/C28H28FN3O2/c1-19(20-8-4-2-5-9-20)31-28(33)25-17-16-24(34-25)27-26(21-12-14-22(29)15-13-21)30-18-32(27)23-10-6-3-7-11-23/h2,4-5,8-9,12-19,23H,3,6-7,10-11H2,1H3,(H,31,33). The first-order valence-electron chi connectivity index (χ1n) is 11.9. The number of nitrogens with zero attached hydrogens (tertiary/aromatic N) is 2. The van der Waals surface area contributed by atoms with Gasteiger partial charge in [0.25, 0.3) is 5.91 Å². The molecule has 2 heterocycles. The van der Waals surface area contributed by atoms with E-state index in [0.29, 0.717) is 11.8 Å². The molecule has 34 heavy (non-hydrogen) atoms. The highest BCUT2D eigenvalue weighted by atomic mass is 19.1. The third-order valence-corrected chi connectivity index (χ3v) is 6.59. The number of carbonyl (C=O) groups is 1. The summed E-state index contributed by atoms with van der Waals surface area (Å²) < 4.78 is 21.8. The summed E-state index contributed by atoms with van der Waals surface area (Å²) in [5, 5.41) is 3.00. The van der Waals surface area contributed by atoms with Crippen LogP contribution in [0.2, 0.25) is 0 Å². The molecular formula is C28H28FN3O2. The zero-order valence-electron chi connectivity index (χ0n) is 19.2. The van der Waals surface area contributed by atoms with Crippen LogP contribution in [0.3, 0.4) is 0 Å². The van der Waals surface area contributed by atoms with Crippen LogP contribution in [0, 0.1) is 5.82 Å². The summed E-state index contributed by atoms with van der Waals surface area (Å²) in [6.07, 6.45) is 7.61. The number of nitrogens with one attached hydrogen (secondary N) is 1. The minimum Gasteiger partial charge on any atom is -0.449 e. The molecule has 0 aliphatic heterocycles. The highest BCUT2D eigenvalue weighted by Crippen LogP contribution is 2.38. The average Bonchev–Trinajstić information content (AvgIpc) is 3.53. The number of hydrogen-bond acceptors (Lipinski definition) is 3. The van der Waals surface area contributed by atoms with Crippen LogP contribution in [0.1, 0.15) is 67.2 Å². The molecule has 5 rings (SSSR count). The van der Waals surface area contributed by atoms with Crippen LogP contribution >= 0.6 is 0 Å². The van der Waals surface area contributed by atoms with E-state index < -0.39 is 0 Å². The number of amides is 1. The molecule has 5 nitrogen and oxygen atoms in total. The minimum absolute atomic E-state index is 0.148. The lowest BCUT2D eigenvalue weighted by molar-refractivity contribution is 0.0912. The van der Waals surface area contributed by atoms with E-state index in [9.17, 15) is 9.18 Å². The second-order valence-corrected chi connectivity index (χ2v) is 8.92. The van der Waals surface area contributed by atoms with Gasteiger partial charge < -0.3 is 14.3 Å². The number of carbonyl (C=O) groups excluding carboxylic acids is 1. The van der Waals surface area contributed by atoms with E-state index >= 15 is 0 Å². The summed E-state index contributed by atoms with van der Waals surface area (Å²) in [4.78, 5) is 17.6. The van der Waals surface area contributed by atoms with Gasteiger partial charge in [0, 0.05) is 11.6 Å². The van der Waals surface area contributed by atoms with Crippen molar-refractivity contribution < 1.29 is 13.6 Å². The van der Waals surface area contributed by atoms with Gasteiger partial charge in [-0.2, -0.15) is 0 Å². The lowest BCUT2D eigenvalue weighted by Gasteiger charge is -2.24.